The van der Waals surface area contributed by atoms with Crippen LogP contribution in [0.4, 0.5) is 0 Å². The van der Waals surface area contributed by atoms with Crippen molar-refractivity contribution >= 4 is 5.91 Å². The number of carbonyl (C=O) groups is 1. The Morgan fingerprint density at radius 3 is 2.68 bits per heavy atom. The fourth-order valence-electron chi connectivity index (χ4n) is 2.50. The maximum atomic E-state index is 11.9. The van der Waals surface area contributed by atoms with E-state index in [1.54, 1.807) is 0 Å². The molecule has 1 aromatic carbocycles. The molecule has 0 bridgehead atoms. The molecule has 1 fully saturated rings. The van der Waals surface area contributed by atoms with E-state index >= 15 is 0 Å². The van der Waals surface area contributed by atoms with Crippen molar-refractivity contribution in [3.63, 3.8) is 0 Å². The summed E-state index contributed by atoms with van der Waals surface area (Å²) in [7, 11) is 0. The number of para-hydroxylation sites is 1. The van der Waals surface area contributed by atoms with E-state index in [1.165, 1.54) is 6.42 Å². The van der Waals surface area contributed by atoms with Crippen LogP contribution in [-0.4, -0.2) is 18.6 Å². The molecule has 22 heavy (non-hydrogen) atoms. The minimum Gasteiger partial charge on any atom is -0.490 e. The Kier molecular flexibility index (Phi) is 7.23. The first-order valence-electron chi connectivity index (χ1n) is 8.51. The zero-order valence-corrected chi connectivity index (χ0v) is 13.4. The molecule has 1 aromatic rings. The maximum Gasteiger partial charge on any atom is 0.220 e. The van der Waals surface area contributed by atoms with Crippen molar-refractivity contribution in [1.29, 1.82) is 0 Å². The lowest BCUT2D eigenvalue weighted by atomic mass is 9.96. The van der Waals surface area contributed by atoms with E-state index in [0.717, 1.165) is 56.4 Å². The van der Waals surface area contributed by atoms with Gasteiger partial charge in [-0.1, -0.05) is 31.0 Å². The fraction of sp³-hybridized carbons (Fsp3) is 0.611. The third-order valence-electron chi connectivity index (χ3n) is 4.15. The first kappa shape index (κ1) is 16.8. The van der Waals surface area contributed by atoms with Gasteiger partial charge in [-0.15, -0.1) is 0 Å². The summed E-state index contributed by atoms with van der Waals surface area (Å²) in [6, 6.07) is 7.99. The molecule has 0 spiro atoms. The highest BCUT2D eigenvalue weighted by Gasteiger charge is 2.20. The Morgan fingerprint density at radius 2 is 1.95 bits per heavy atom. The molecule has 0 radical (unpaired) electrons. The number of carbonyl (C=O) groups excluding carboxylic acids is 1. The van der Waals surface area contributed by atoms with Crippen molar-refractivity contribution in [2.24, 2.45) is 5.73 Å². The van der Waals surface area contributed by atoms with Gasteiger partial charge in [-0.3, -0.25) is 4.79 Å². The van der Waals surface area contributed by atoms with Gasteiger partial charge >= 0.3 is 0 Å². The van der Waals surface area contributed by atoms with Gasteiger partial charge in [-0.2, -0.15) is 0 Å². The Hall–Kier alpha value is -1.55. The smallest absolute Gasteiger partial charge is 0.220 e. The van der Waals surface area contributed by atoms with E-state index in [-0.39, 0.29) is 5.91 Å². The number of ether oxygens (including phenoxy) is 1. The monoisotopic (exact) mass is 304 g/mol. The van der Waals surface area contributed by atoms with Gasteiger partial charge in [0, 0.05) is 18.5 Å². The number of nitrogens with one attached hydrogen (secondary N) is 1. The van der Waals surface area contributed by atoms with Gasteiger partial charge in [0.2, 0.25) is 5.91 Å². The van der Waals surface area contributed by atoms with E-state index in [9.17, 15) is 4.79 Å². The largest absolute Gasteiger partial charge is 0.490 e. The second-order valence-electron chi connectivity index (χ2n) is 6.01. The number of hydrogen-bond donors (Lipinski definition) is 2. The average molecular weight is 304 g/mol. The molecule has 0 unspecified atom stereocenters. The van der Waals surface area contributed by atoms with Crippen molar-refractivity contribution in [3.05, 3.63) is 29.8 Å². The third kappa shape index (κ3) is 5.68. The van der Waals surface area contributed by atoms with Crippen LogP contribution >= 0.6 is 0 Å². The molecule has 0 aliphatic heterocycles. The SMILES string of the molecule is NCCCCCCC(=O)NCc1ccccc1OC1CCC1. The van der Waals surface area contributed by atoms with Gasteiger partial charge in [0.05, 0.1) is 6.10 Å². The Bertz CT molecular complexity index is 458. The van der Waals surface area contributed by atoms with Gasteiger partial charge in [-0.05, 0) is 44.7 Å². The minimum absolute atomic E-state index is 0.117. The van der Waals surface area contributed by atoms with E-state index in [1.807, 2.05) is 24.3 Å². The molecule has 1 aliphatic carbocycles. The zero-order chi connectivity index (χ0) is 15.6. The van der Waals surface area contributed by atoms with Crippen LogP contribution in [0.5, 0.6) is 5.75 Å². The Labute approximate surface area is 133 Å². The van der Waals surface area contributed by atoms with E-state index < -0.39 is 0 Å². The third-order valence-corrected chi connectivity index (χ3v) is 4.15. The van der Waals surface area contributed by atoms with Crippen LogP contribution < -0.4 is 15.8 Å². The van der Waals surface area contributed by atoms with E-state index in [4.69, 9.17) is 10.5 Å². The summed E-state index contributed by atoms with van der Waals surface area (Å²) in [5.41, 5.74) is 6.52. The Balaban J connectivity index is 1.70. The summed E-state index contributed by atoms with van der Waals surface area (Å²) < 4.78 is 5.98. The number of rotatable bonds is 10. The molecule has 2 rings (SSSR count). The molecule has 0 heterocycles. The zero-order valence-electron chi connectivity index (χ0n) is 13.4. The summed E-state index contributed by atoms with van der Waals surface area (Å²) in [5, 5.41) is 3.00. The van der Waals surface area contributed by atoms with Gasteiger partial charge < -0.3 is 15.8 Å². The molecule has 0 saturated heterocycles. The highest BCUT2D eigenvalue weighted by molar-refractivity contribution is 5.75. The first-order chi connectivity index (χ1) is 10.8. The summed E-state index contributed by atoms with van der Waals surface area (Å²) in [6.45, 7) is 1.29. The lowest BCUT2D eigenvalue weighted by Crippen LogP contribution is -2.26. The Morgan fingerprint density at radius 1 is 1.18 bits per heavy atom. The van der Waals surface area contributed by atoms with Gasteiger partial charge in [0.25, 0.3) is 0 Å². The molecule has 0 aromatic heterocycles. The van der Waals surface area contributed by atoms with Crippen LogP contribution in [-0.2, 0) is 11.3 Å². The highest BCUT2D eigenvalue weighted by Crippen LogP contribution is 2.27. The molecule has 1 saturated carbocycles. The first-order valence-corrected chi connectivity index (χ1v) is 8.51. The van der Waals surface area contributed by atoms with Crippen molar-refractivity contribution in [2.45, 2.75) is 64.0 Å². The van der Waals surface area contributed by atoms with Crippen LogP contribution in [0, 0.1) is 0 Å². The predicted molar refractivity (Wildman–Crippen MR) is 88.7 cm³/mol. The van der Waals surface area contributed by atoms with E-state index in [0.29, 0.717) is 19.1 Å². The van der Waals surface area contributed by atoms with Gasteiger partial charge in [0.15, 0.2) is 0 Å². The molecule has 122 valence electrons. The van der Waals surface area contributed by atoms with Crippen LogP contribution in [0.1, 0.15) is 56.9 Å². The van der Waals surface area contributed by atoms with Crippen LogP contribution in [0.25, 0.3) is 0 Å². The quantitative estimate of drug-likeness (QED) is 0.653. The number of benzene rings is 1. The lowest BCUT2D eigenvalue weighted by molar-refractivity contribution is -0.121. The lowest BCUT2D eigenvalue weighted by Gasteiger charge is -2.27. The van der Waals surface area contributed by atoms with Gasteiger partial charge in [-0.25, -0.2) is 0 Å². The van der Waals surface area contributed by atoms with Crippen molar-refractivity contribution in [2.75, 3.05) is 6.54 Å². The normalized spacial score (nSPS) is 14.4. The maximum absolute atomic E-state index is 11.9. The van der Waals surface area contributed by atoms with Gasteiger partial charge in [0.1, 0.15) is 5.75 Å². The van der Waals surface area contributed by atoms with Crippen molar-refractivity contribution in [3.8, 4) is 5.75 Å². The van der Waals surface area contributed by atoms with Crippen LogP contribution in [0.2, 0.25) is 0 Å². The van der Waals surface area contributed by atoms with E-state index in [2.05, 4.69) is 5.32 Å². The summed E-state index contributed by atoms with van der Waals surface area (Å²) in [6.07, 6.45) is 8.67. The number of hydrogen-bond acceptors (Lipinski definition) is 3. The molecule has 3 N–H and O–H groups in total. The molecule has 4 heteroatoms. The predicted octanol–water partition coefficient (Wildman–Crippen LogP) is 3.14. The highest BCUT2D eigenvalue weighted by atomic mass is 16.5. The summed E-state index contributed by atoms with van der Waals surface area (Å²) >= 11 is 0. The summed E-state index contributed by atoms with van der Waals surface area (Å²) in [4.78, 5) is 11.9. The average Bonchev–Trinajstić information content (AvgIpc) is 2.49. The second kappa shape index (κ2) is 9.46. The standard InChI is InChI=1S/C18H28N2O2/c19-13-6-2-1-3-12-18(21)20-14-15-8-4-5-11-17(15)22-16-9-7-10-16/h4-5,8,11,16H,1-3,6-7,9-10,12-14,19H2,(H,20,21). The molecule has 4 nitrogen and oxygen atoms in total. The molecule has 0 atom stereocenters. The molecule has 1 amide bonds. The molecular weight excluding hydrogens is 276 g/mol. The van der Waals surface area contributed by atoms with Crippen LogP contribution in [0.3, 0.4) is 0 Å². The number of unbranched alkanes of at least 4 members (excludes halogenated alkanes) is 3. The summed E-state index contributed by atoms with van der Waals surface area (Å²) in [5.74, 6) is 1.03. The molecule has 1 aliphatic rings. The number of nitrogens with two attached hydrogens (primary N) is 1. The topological polar surface area (TPSA) is 64.4 Å². The van der Waals surface area contributed by atoms with Crippen molar-refractivity contribution < 1.29 is 9.53 Å². The number of amides is 1. The van der Waals surface area contributed by atoms with Crippen molar-refractivity contribution in [1.82, 2.24) is 5.32 Å². The second-order valence-corrected chi connectivity index (χ2v) is 6.01. The minimum atomic E-state index is 0.117. The molecular formula is C18H28N2O2. The fourth-order valence-corrected chi connectivity index (χ4v) is 2.50. The van der Waals surface area contributed by atoms with Crippen LogP contribution in [0.15, 0.2) is 24.3 Å².